The molecule has 0 unspecified atom stereocenters. The quantitative estimate of drug-likeness (QED) is 0.849. The number of ether oxygens (including phenoxy) is 1. The average Bonchev–Trinajstić information content (AvgIpc) is 2.29. The molecule has 2 N–H and O–H groups in total. The number of hydrogen-bond donors (Lipinski definition) is 2. The molecule has 0 radical (unpaired) electrons. The van der Waals surface area contributed by atoms with Gasteiger partial charge in [0, 0.05) is 12.1 Å². The van der Waals surface area contributed by atoms with E-state index in [1.165, 1.54) is 6.07 Å². The second-order valence-corrected chi connectivity index (χ2v) is 3.74. The van der Waals surface area contributed by atoms with Gasteiger partial charge < -0.3 is 14.9 Å². The van der Waals surface area contributed by atoms with Crippen molar-refractivity contribution in [3.05, 3.63) is 48.0 Å². The molecule has 2 rings (SSSR count). The maximum atomic E-state index is 9.69. The standard InChI is InChI=1S/C14H14O3/c1-2-10-6-7-13(9-14(10)16)17-12-5-3-4-11(15)8-12/h3-9,15-16H,2H2,1H3. The number of aryl methyl sites for hydroxylation is 1. The maximum Gasteiger partial charge on any atom is 0.131 e. The van der Waals surface area contributed by atoms with Crippen LogP contribution in [0.4, 0.5) is 0 Å². The molecular formula is C14H14O3. The van der Waals surface area contributed by atoms with Crippen molar-refractivity contribution in [1.29, 1.82) is 0 Å². The van der Waals surface area contributed by atoms with E-state index in [4.69, 9.17) is 4.74 Å². The number of aromatic hydroxyl groups is 2. The molecule has 0 aromatic heterocycles. The van der Waals surface area contributed by atoms with E-state index in [0.717, 1.165) is 12.0 Å². The molecule has 3 nitrogen and oxygen atoms in total. The summed E-state index contributed by atoms with van der Waals surface area (Å²) in [5.74, 6) is 1.46. The van der Waals surface area contributed by atoms with Crippen LogP contribution in [0.5, 0.6) is 23.0 Å². The fourth-order valence-electron chi connectivity index (χ4n) is 1.59. The van der Waals surface area contributed by atoms with Crippen molar-refractivity contribution in [2.45, 2.75) is 13.3 Å². The summed E-state index contributed by atoms with van der Waals surface area (Å²) in [5, 5.41) is 19.0. The van der Waals surface area contributed by atoms with Gasteiger partial charge in [-0.25, -0.2) is 0 Å². The third kappa shape index (κ3) is 2.69. The van der Waals surface area contributed by atoms with Crippen molar-refractivity contribution < 1.29 is 14.9 Å². The van der Waals surface area contributed by atoms with E-state index in [1.807, 2.05) is 13.0 Å². The van der Waals surface area contributed by atoms with Gasteiger partial charge in [0.1, 0.15) is 23.0 Å². The third-order valence-electron chi connectivity index (χ3n) is 2.49. The average molecular weight is 230 g/mol. The van der Waals surface area contributed by atoms with Crippen molar-refractivity contribution in [3.63, 3.8) is 0 Å². The summed E-state index contributed by atoms with van der Waals surface area (Å²) in [4.78, 5) is 0. The highest BCUT2D eigenvalue weighted by molar-refractivity contribution is 5.42. The largest absolute Gasteiger partial charge is 0.508 e. The molecule has 17 heavy (non-hydrogen) atoms. The topological polar surface area (TPSA) is 49.7 Å². The van der Waals surface area contributed by atoms with E-state index in [-0.39, 0.29) is 11.5 Å². The molecule has 0 aliphatic heterocycles. The molecule has 0 atom stereocenters. The number of benzene rings is 2. The number of hydrogen-bond acceptors (Lipinski definition) is 3. The molecule has 0 heterocycles. The van der Waals surface area contributed by atoms with Crippen molar-refractivity contribution in [2.75, 3.05) is 0 Å². The Kier molecular flexibility index (Phi) is 3.19. The van der Waals surface area contributed by atoms with Crippen LogP contribution < -0.4 is 4.74 Å². The lowest BCUT2D eigenvalue weighted by molar-refractivity contribution is 0.443. The van der Waals surface area contributed by atoms with Gasteiger partial charge >= 0.3 is 0 Å². The highest BCUT2D eigenvalue weighted by Gasteiger charge is 2.03. The lowest BCUT2D eigenvalue weighted by Crippen LogP contribution is -1.86. The zero-order valence-electron chi connectivity index (χ0n) is 9.55. The Hall–Kier alpha value is -2.16. The Labute approximate surface area is 99.9 Å². The highest BCUT2D eigenvalue weighted by Crippen LogP contribution is 2.29. The zero-order chi connectivity index (χ0) is 12.3. The van der Waals surface area contributed by atoms with Crippen LogP contribution in [0.15, 0.2) is 42.5 Å². The molecule has 2 aromatic rings. The summed E-state index contributed by atoms with van der Waals surface area (Å²) in [6.45, 7) is 1.98. The van der Waals surface area contributed by atoms with Gasteiger partial charge in [0.2, 0.25) is 0 Å². The van der Waals surface area contributed by atoms with Crippen molar-refractivity contribution in [2.24, 2.45) is 0 Å². The Bertz CT molecular complexity index is 521. The molecule has 3 heteroatoms. The van der Waals surface area contributed by atoms with E-state index in [0.29, 0.717) is 11.5 Å². The Morgan fingerprint density at radius 3 is 2.41 bits per heavy atom. The molecule has 0 saturated heterocycles. The summed E-state index contributed by atoms with van der Waals surface area (Å²) in [6, 6.07) is 11.7. The minimum Gasteiger partial charge on any atom is -0.508 e. The zero-order valence-corrected chi connectivity index (χ0v) is 9.55. The molecule has 0 fully saturated rings. The summed E-state index contributed by atoms with van der Waals surface area (Å²) >= 11 is 0. The normalized spacial score (nSPS) is 10.2. The smallest absolute Gasteiger partial charge is 0.131 e. The molecule has 2 aromatic carbocycles. The molecule has 0 aliphatic carbocycles. The Morgan fingerprint density at radius 2 is 1.76 bits per heavy atom. The third-order valence-corrected chi connectivity index (χ3v) is 2.49. The number of phenols is 2. The second kappa shape index (κ2) is 4.78. The first-order chi connectivity index (χ1) is 8.19. The van der Waals surface area contributed by atoms with Crippen LogP contribution in [0.3, 0.4) is 0 Å². The van der Waals surface area contributed by atoms with Gasteiger partial charge in [-0.1, -0.05) is 19.1 Å². The molecule has 88 valence electrons. The Balaban J connectivity index is 2.22. The summed E-state index contributed by atoms with van der Waals surface area (Å²) in [7, 11) is 0. The van der Waals surface area contributed by atoms with E-state index in [1.54, 1.807) is 30.3 Å². The van der Waals surface area contributed by atoms with Gasteiger partial charge in [-0.2, -0.15) is 0 Å². The summed E-state index contributed by atoms with van der Waals surface area (Å²) < 4.78 is 5.52. The molecule has 0 amide bonds. The predicted octanol–water partition coefficient (Wildman–Crippen LogP) is 3.45. The fourth-order valence-corrected chi connectivity index (χ4v) is 1.59. The van der Waals surface area contributed by atoms with Crippen LogP contribution in [-0.2, 0) is 6.42 Å². The molecule has 0 spiro atoms. The number of phenolic OH excluding ortho intramolecular Hbond substituents is 2. The van der Waals surface area contributed by atoms with Gasteiger partial charge in [-0.05, 0) is 30.2 Å². The number of rotatable bonds is 3. The van der Waals surface area contributed by atoms with Crippen LogP contribution in [-0.4, -0.2) is 10.2 Å². The minimum absolute atomic E-state index is 0.150. The Morgan fingerprint density at radius 1 is 1.00 bits per heavy atom. The second-order valence-electron chi connectivity index (χ2n) is 3.74. The van der Waals surface area contributed by atoms with Crippen LogP contribution in [0, 0.1) is 0 Å². The van der Waals surface area contributed by atoms with Gasteiger partial charge in [0.15, 0.2) is 0 Å². The van der Waals surface area contributed by atoms with Gasteiger partial charge in [-0.15, -0.1) is 0 Å². The molecular weight excluding hydrogens is 216 g/mol. The predicted molar refractivity (Wildman–Crippen MR) is 65.7 cm³/mol. The van der Waals surface area contributed by atoms with E-state index in [2.05, 4.69) is 0 Å². The highest BCUT2D eigenvalue weighted by atomic mass is 16.5. The van der Waals surface area contributed by atoms with Crippen LogP contribution >= 0.6 is 0 Å². The first-order valence-electron chi connectivity index (χ1n) is 5.48. The van der Waals surface area contributed by atoms with E-state index < -0.39 is 0 Å². The SMILES string of the molecule is CCc1ccc(Oc2cccc(O)c2)cc1O. The lowest BCUT2D eigenvalue weighted by atomic mass is 10.1. The molecule has 0 bridgehead atoms. The monoisotopic (exact) mass is 230 g/mol. The van der Waals surface area contributed by atoms with E-state index in [9.17, 15) is 10.2 Å². The maximum absolute atomic E-state index is 9.69. The summed E-state index contributed by atoms with van der Waals surface area (Å²) in [6.07, 6.45) is 0.776. The minimum atomic E-state index is 0.150. The van der Waals surface area contributed by atoms with Gasteiger partial charge in [0.25, 0.3) is 0 Å². The van der Waals surface area contributed by atoms with Crippen molar-refractivity contribution in [3.8, 4) is 23.0 Å². The first kappa shape index (κ1) is 11.3. The molecule has 0 saturated carbocycles. The summed E-state index contributed by atoms with van der Waals surface area (Å²) in [5.41, 5.74) is 0.883. The van der Waals surface area contributed by atoms with Crippen molar-refractivity contribution in [1.82, 2.24) is 0 Å². The lowest BCUT2D eigenvalue weighted by Gasteiger charge is -2.08. The van der Waals surface area contributed by atoms with Crippen LogP contribution in [0.25, 0.3) is 0 Å². The van der Waals surface area contributed by atoms with Crippen molar-refractivity contribution >= 4 is 0 Å². The molecule has 0 aliphatic rings. The van der Waals surface area contributed by atoms with Gasteiger partial charge in [0.05, 0.1) is 0 Å². The first-order valence-corrected chi connectivity index (χ1v) is 5.48. The van der Waals surface area contributed by atoms with Crippen LogP contribution in [0.1, 0.15) is 12.5 Å². The fraction of sp³-hybridized carbons (Fsp3) is 0.143. The van der Waals surface area contributed by atoms with E-state index >= 15 is 0 Å². The van der Waals surface area contributed by atoms with Crippen LogP contribution in [0.2, 0.25) is 0 Å². The van der Waals surface area contributed by atoms with Gasteiger partial charge in [-0.3, -0.25) is 0 Å².